The number of ketones is 1. The Kier molecular flexibility index (Phi) is 5.84. The second-order valence-electron chi connectivity index (χ2n) is 7.18. The summed E-state index contributed by atoms with van der Waals surface area (Å²) in [5.41, 5.74) is 1.14. The van der Waals surface area contributed by atoms with Gasteiger partial charge in [-0.25, -0.2) is 0 Å². The molecule has 0 aliphatic carbocycles. The molecule has 158 valence electrons. The molecule has 1 aromatic carbocycles. The topological polar surface area (TPSA) is 92.9 Å². The van der Waals surface area contributed by atoms with Gasteiger partial charge in [0.1, 0.15) is 23.3 Å². The number of likely N-dealkylation sites (tertiary alicyclic amines) is 1. The summed E-state index contributed by atoms with van der Waals surface area (Å²) in [5, 5.41) is 11.1. The Labute approximate surface area is 179 Å². The highest BCUT2D eigenvalue weighted by atomic mass is 16.5. The average Bonchev–Trinajstić information content (AvgIpc) is 3.41. The molecule has 31 heavy (non-hydrogen) atoms. The molecule has 0 radical (unpaired) electrons. The van der Waals surface area contributed by atoms with Crippen molar-refractivity contribution in [3.8, 4) is 5.75 Å². The number of aliphatic hydroxyl groups is 1. The number of furan rings is 1. The van der Waals surface area contributed by atoms with Crippen molar-refractivity contribution in [3.05, 3.63) is 89.6 Å². The molecule has 2 aromatic heterocycles. The van der Waals surface area contributed by atoms with E-state index in [1.165, 1.54) is 11.2 Å². The molecule has 1 atom stereocenters. The van der Waals surface area contributed by atoms with E-state index in [0.29, 0.717) is 23.7 Å². The maximum atomic E-state index is 13.0. The van der Waals surface area contributed by atoms with Crippen LogP contribution >= 0.6 is 0 Å². The Bertz CT molecular complexity index is 1110. The van der Waals surface area contributed by atoms with E-state index in [1.807, 2.05) is 13.0 Å². The van der Waals surface area contributed by atoms with Gasteiger partial charge in [0.05, 0.1) is 18.4 Å². The van der Waals surface area contributed by atoms with Gasteiger partial charge in [0.25, 0.3) is 11.7 Å². The number of Topliss-reactive ketones (excluding diaryl/α,β-unsaturated/α-hetero) is 1. The Hall–Kier alpha value is -3.87. The molecule has 1 aliphatic rings. The average molecular weight is 418 g/mol. The molecule has 1 unspecified atom stereocenters. The lowest BCUT2D eigenvalue weighted by Gasteiger charge is -2.23. The van der Waals surface area contributed by atoms with Crippen LogP contribution in [0.2, 0.25) is 0 Å². The second kappa shape index (κ2) is 8.87. The first kappa shape index (κ1) is 20.4. The van der Waals surface area contributed by atoms with Crippen LogP contribution in [-0.4, -0.2) is 33.3 Å². The predicted molar refractivity (Wildman–Crippen MR) is 113 cm³/mol. The van der Waals surface area contributed by atoms with E-state index in [1.54, 1.807) is 54.9 Å². The van der Waals surface area contributed by atoms with Crippen molar-refractivity contribution in [1.82, 2.24) is 9.88 Å². The van der Waals surface area contributed by atoms with E-state index in [4.69, 9.17) is 9.15 Å². The van der Waals surface area contributed by atoms with Crippen molar-refractivity contribution >= 4 is 17.4 Å². The molecule has 1 saturated heterocycles. The summed E-state index contributed by atoms with van der Waals surface area (Å²) in [4.78, 5) is 31.4. The van der Waals surface area contributed by atoms with Crippen LogP contribution in [0.25, 0.3) is 5.76 Å². The Morgan fingerprint density at radius 2 is 2.06 bits per heavy atom. The Balaban J connectivity index is 1.78. The Morgan fingerprint density at radius 3 is 2.77 bits per heavy atom. The first-order chi connectivity index (χ1) is 15.1. The van der Waals surface area contributed by atoms with Crippen LogP contribution in [0.3, 0.4) is 0 Å². The SMILES string of the molecule is CCCOc1cccc(/C(O)=C2/C(=O)C(=O)N(Cc3cccnc3)C2c2ccco2)c1. The number of pyridine rings is 1. The van der Waals surface area contributed by atoms with Crippen LogP contribution in [0.4, 0.5) is 0 Å². The second-order valence-corrected chi connectivity index (χ2v) is 7.18. The molecule has 1 aliphatic heterocycles. The maximum Gasteiger partial charge on any atom is 0.296 e. The van der Waals surface area contributed by atoms with Gasteiger partial charge in [-0.1, -0.05) is 25.1 Å². The van der Waals surface area contributed by atoms with E-state index in [2.05, 4.69) is 4.98 Å². The third-order valence-corrected chi connectivity index (χ3v) is 5.01. The molecule has 0 spiro atoms. The molecule has 1 N–H and O–H groups in total. The zero-order valence-corrected chi connectivity index (χ0v) is 17.0. The number of nitrogens with zero attached hydrogens (tertiary/aromatic N) is 2. The summed E-state index contributed by atoms with van der Waals surface area (Å²) in [6, 6.07) is 12.9. The lowest BCUT2D eigenvalue weighted by atomic mass is 9.99. The quantitative estimate of drug-likeness (QED) is 0.353. The van der Waals surface area contributed by atoms with Crippen LogP contribution in [-0.2, 0) is 16.1 Å². The van der Waals surface area contributed by atoms with Crippen LogP contribution in [0.5, 0.6) is 5.75 Å². The highest BCUT2D eigenvalue weighted by molar-refractivity contribution is 6.46. The van der Waals surface area contributed by atoms with Gasteiger partial charge in [-0.05, 0) is 42.3 Å². The molecule has 7 heteroatoms. The number of aromatic nitrogens is 1. The molecule has 0 bridgehead atoms. The minimum atomic E-state index is -0.851. The summed E-state index contributed by atoms with van der Waals surface area (Å²) in [6.07, 6.45) is 5.58. The molecule has 4 rings (SSSR count). The van der Waals surface area contributed by atoms with E-state index in [9.17, 15) is 14.7 Å². The zero-order chi connectivity index (χ0) is 21.8. The number of aliphatic hydroxyl groups excluding tert-OH is 1. The summed E-state index contributed by atoms with van der Waals surface area (Å²) in [5.74, 6) is -0.767. The molecule has 3 aromatic rings. The van der Waals surface area contributed by atoms with Crippen LogP contribution in [0, 0.1) is 0 Å². The van der Waals surface area contributed by atoms with Crippen LogP contribution in [0.1, 0.15) is 36.3 Å². The van der Waals surface area contributed by atoms with Gasteiger partial charge in [0.15, 0.2) is 0 Å². The van der Waals surface area contributed by atoms with E-state index >= 15 is 0 Å². The fraction of sp³-hybridized carbons (Fsp3) is 0.208. The summed E-state index contributed by atoms with van der Waals surface area (Å²) in [7, 11) is 0. The number of carbonyl (C=O) groups excluding carboxylic acids is 2. The van der Waals surface area contributed by atoms with Crippen molar-refractivity contribution in [2.75, 3.05) is 6.61 Å². The van der Waals surface area contributed by atoms with E-state index in [-0.39, 0.29) is 17.9 Å². The normalized spacial score (nSPS) is 17.8. The Morgan fingerprint density at radius 1 is 1.19 bits per heavy atom. The smallest absolute Gasteiger partial charge is 0.296 e. The van der Waals surface area contributed by atoms with Crippen molar-refractivity contribution in [3.63, 3.8) is 0 Å². The minimum absolute atomic E-state index is 0.0171. The van der Waals surface area contributed by atoms with E-state index in [0.717, 1.165) is 12.0 Å². The minimum Gasteiger partial charge on any atom is -0.507 e. The molecule has 7 nitrogen and oxygen atoms in total. The van der Waals surface area contributed by atoms with Crippen LogP contribution < -0.4 is 4.74 Å². The first-order valence-electron chi connectivity index (χ1n) is 10.0. The molecule has 0 saturated carbocycles. The van der Waals surface area contributed by atoms with Gasteiger partial charge in [-0.2, -0.15) is 0 Å². The maximum absolute atomic E-state index is 13.0. The highest BCUT2D eigenvalue weighted by Gasteiger charge is 2.47. The van der Waals surface area contributed by atoms with Crippen molar-refractivity contribution < 1.29 is 23.8 Å². The largest absolute Gasteiger partial charge is 0.507 e. The highest BCUT2D eigenvalue weighted by Crippen LogP contribution is 2.40. The fourth-order valence-electron chi connectivity index (χ4n) is 3.58. The molecular formula is C24H22N2O5. The van der Waals surface area contributed by atoms with Gasteiger partial charge < -0.3 is 19.2 Å². The fourth-order valence-corrected chi connectivity index (χ4v) is 3.58. The number of hydrogen-bond donors (Lipinski definition) is 1. The lowest BCUT2D eigenvalue weighted by Crippen LogP contribution is -2.29. The van der Waals surface area contributed by atoms with Gasteiger partial charge >= 0.3 is 0 Å². The van der Waals surface area contributed by atoms with Crippen LogP contribution in [0.15, 0.2) is 77.2 Å². The number of amides is 1. The van der Waals surface area contributed by atoms with Crippen molar-refractivity contribution in [1.29, 1.82) is 0 Å². The molecule has 3 heterocycles. The lowest BCUT2D eigenvalue weighted by molar-refractivity contribution is -0.140. The third kappa shape index (κ3) is 4.07. The standard InChI is InChI=1S/C24H22N2O5/c1-2-11-30-18-8-3-7-17(13-18)22(27)20-21(19-9-5-12-31-19)26(24(29)23(20)28)15-16-6-4-10-25-14-16/h3-10,12-14,21,27H,2,11,15H2,1H3/b22-20-. The van der Waals surface area contributed by atoms with Gasteiger partial charge in [0.2, 0.25) is 0 Å². The van der Waals surface area contributed by atoms with E-state index < -0.39 is 17.7 Å². The van der Waals surface area contributed by atoms with Crippen molar-refractivity contribution in [2.45, 2.75) is 25.9 Å². The summed E-state index contributed by atoms with van der Waals surface area (Å²) >= 11 is 0. The van der Waals surface area contributed by atoms with Gasteiger partial charge in [-0.15, -0.1) is 0 Å². The first-order valence-corrected chi connectivity index (χ1v) is 10.0. The summed E-state index contributed by atoms with van der Waals surface area (Å²) in [6.45, 7) is 2.68. The number of rotatable bonds is 7. The number of ether oxygens (including phenoxy) is 1. The number of carbonyl (C=O) groups is 2. The molecule has 1 fully saturated rings. The van der Waals surface area contributed by atoms with Crippen molar-refractivity contribution in [2.24, 2.45) is 0 Å². The summed E-state index contributed by atoms with van der Waals surface area (Å²) < 4.78 is 11.2. The zero-order valence-electron chi connectivity index (χ0n) is 17.0. The monoisotopic (exact) mass is 418 g/mol. The predicted octanol–water partition coefficient (Wildman–Crippen LogP) is 4.09. The number of hydrogen-bond acceptors (Lipinski definition) is 6. The molecule has 1 amide bonds. The number of benzene rings is 1. The molecular weight excluding hydrogens is 396 g/mol. The third-order valence-electron chi connectivity index (χ3n) is 5.01. The van der Waals surface area contributed by atoms with Gasteiger partial charge in [0, 0.05) is 24.5 Å². The van der Waals surface area contributed by atoms with Gasteiger partial charge in [-0.3, -0.25) is 14.6 Å².